The maximum absolute atomic E-state index is 5.97. The quantitative estimate of drug-likeness (QED) is 0.806. The van der Waals surface area contributed by atoms with Gasteiger partial charge in [-0.05, 0) is 42.4 Å². The highest BCUT2D eigenvalue weighted by Crippen LogP contribution is 2.26. The van der Waals surface area contributed by atoms with Crippen LogP contribution in [0.2, 0.25) is 0 Å². The summed E-state index contributed by atoms with van der Waals surface area (Å²) >= 11 is 0. The van der Waals surface area contributed by atoms with Crippen molar-refractivity contribution in [1.29, 1.82) is 0 Å². The first-order valence-electron chi connectivity index (χ1n) is 6.99. The molecule has 0 heterocycles. The average molecular weight is 248 g/mol. The number of nitrogens with two attached hydrogens (primary N) is 1. The van der Waals surface area contributed by atoms with Crippen molar-refractivity contribution in [3.63, 3.8) is 0 Å². The number of aryl methyl sites for hydroxylation is 1. The zero-order chi connectivity index (χ0) is 13.7. The lowest BCUT2D eigenvalue weighted by Crippen LogP contribution is -2.41. The van der Waals surface area contributed by atoms with Crippen molar-refractivity contribution in [2.45, 2.75) is 40.7 Å². The predicted octanol–water partition coefficient (Wildman–Crippen LogP) is 3.66. The Bertz CT molecular complexity index is 350. The molecule has 1 aromatic rings. The Labute approximate surface area is 112 Å². The van der Waals surface area contributed by atoms with Crippen LogP contribution in [-0.2, 0) is 0 Å². The number of rotatable bonds is 6. The van der Waals surface area contributed by atoms with Crippen molar-refractivity contribution in [2.75, 3.05) is 11.9 Å². The summed E-state index contributed by atoms with van der Waals surface area (Å²) in [5.74, 6) is 1.86. The fourth-order valence-electron chi connectivity index (χ4n) is 2.96. The summed E-state index contributed by atoms with van der Waals surface area (Å²) in [6.45, 7) is 11.9. The van der Waals surface area contributed by atoms with Crippen molar-refractivity contribution < 1.29 is 0 Å². The number of nitrogens with one attached hydrogen (secondary N) is 1. The second kappa shape index (κ2) is 6.79. The molecule has 1 unspecified atom stereocenters. The van der Waals surface area contributed by atoms with E-state index in [-0.39, 0.29) is 0 Å². The molecule has 0 aliphatic heterocycles. The molecule has 0 saturated heterocycles. The molecule has 2 nitrogen and oxygen atoms in total. The van der Waals surface area contributed by atoms with E-state index < -0.39 is 0 Å². The Balaban J connectivity index is 2.83. The molecule has 2 heteroatoms. The highest BCUT2D eigenvalue weighted by molar-refractivity contribution is 5.46. The third-order valence-corrected chi connectivity index (χ3v) is 3.63. The summed E-state index contributed by atoms with van der Waals surface area (Å²) in [5, 5.41) is 3.61. The molecule has 0 radical (unpaired) electrons. The van der Waals surface area contributed by atoms with Gasteiger partial charge in [-0.2, -0.15) is 0 Å². The van der Waals surface area contributed by atoms with E-state index in [1.54, 1.807) is 0 Å². The SMILES string of the molecule is Cc1cccc(NC(CN)C(C(C)C)C(C)C)c1. The van der Waals surface area contributed by atoms with Crippen molar-refractivity contribution in [1.82, 2.24) is 0 Å². The van der Waals surface area contributed by atoms with Crippen molar-refractivity contribution in [3.8, 4) is 0 Å². The Kier molecular flexibility index (Phi) is 5.67. The third kappa shape index (κ3) is 4.02. The molecule has 0 aromatic heterocycles. The Hall–Kier alpha value is -1.02. The Morgan fingerprint density at radius 3 is 2.17 bits per heavy atom. The van der Waals surface area contributed by atoms with Crippen LogP contribution in [0.25, 0.3) is 0 Å². The lowest BCUT2D eigenvalue weighted by molar-refractivity contribution is 0.253. The van der Waals surface area contributed by atoms with Crippen LogP contribution in [0.4, 0.5) is 5.69 Å². The highest BCUT2D eigenvalue weighted by Gasteiger charge is 2.26. The zero-order valence-electron chi connectivity index (χ0n) is 12.4. The molecule has 102 valence electrons. The number of hydrogen-bond acceptors (Lipinski definition) is 2. The number of hydrogen-bond donors (Lipinski definition) is 2. The topological polar surface area (TPSA) is 38.0 Å². The fraction of sp³-hybridized carbons (Fsp3) is 0.625. The van der Waals surface area contributed by atoms with Crippen LogP contribution < -0.4 is 11.1 Å². The molecule has 0 fully saturated rings. The monoisotopic (exact) mass is 248 g/mol. The van der Waals surface area contributed by atoms with Gasteiger partial charge in [-0.3, -0.25) is 0 Å². The molecule has 1 atom stereocenters. The van der Waals surface area contributed by atoms with Gasteiger partial charge < -0.3 is 11.1 Å². The number of anilines is 1. The average Bonchev–Trinajstić information content (AvgIpc) is 2.27. The largest absolute Gasteiger partial charge is 0.381 e. The van der Waals surface area contributed by atoms with Crippen LogP contribution in [0, 0.1) is 24.7 Å². The lowest BCUT2D eigenvalue weighted by atomic mass is 9.79. The second-order valence-corrected chi connectivity index (χ2v) is 5.92. The van der Waals surface area contributed by atoms with Gasteiger partial charge in [0.25, 0.3) is 0 Å². The standard InChI is InChI=1S/C16H28N2/c1-11(2)16(12(3)4)15(10-17)18-14-8-6-7-13(5)9-14/h6-9,11-12,15-16,18H,10,17H2,1-5H3. The first-order chi connectivity index (χ1) is 8.45. The molecule has 0 spiro atoms. The minimum atomic E-state index is 0.340. The Morgan fingerprint density at radius 1 is 1.11 bits per heavy atom. The van der Waals surface area contributed by atoms with Crippen LogP contribution in [-0.4, -0.2) is 12.6 Å². The van der Waals surface area contributed by atoms with E-state index in [0.29, 0.717) is 30.3 Å². The predicted molar refractivity (Wildman–Crippen MR) is 80.8 cm³/mol. The van der Waals surface area contributed by atoms with E-state index in [2.05, 4.69) is 64.2 Å². The number of benzene rings is 1. The summed E-state index contributed by atoms with van der Waals surface area (Å²) in [6.07, 6.45) is 0. The minimum Gasteiger partial charge on any atom is -0.381 e. The van der Waals surface area contributed by atoms with Crippen molar-refractivity contribution >= 4 is 5.69 Å². The van der Waals surface area contributed by atoms with E-state index in [0.717, 1.165) is 0 Å². The van der Waals surface area contributed by atoms with Gasteiger partial charge in [0, 0.05) is 18.3 Å². The van der Waals surface area contributed by atoms with E-state index in [1.165, 1.54) is 11.3 Å². The first-order valence-corrected chi connectivity index (χ1v) is 6.99. The van der Waals surface area contributed by atoms with Crippen LogP contribution in [0.3, 0.4) is 0 Å². The molecule has 0 bridgehead atoms. The molecular formula is C16H28N2. The maximum Gasteiger partial charge on any atom is 0.0416 e. The van der Waals surface area contributed by atoms with Gasteiger partial charge in [-0.25, -0.2) is 0 Å². The van der Waals surface area contributed by atoms with E-state index in [4.69, 9.17) is 5.73 Å². The molecule has 1 rings (SSSR count). The summed E-state index contributed by atoms with van der Waals surface area (Å²) in [4.78, 5) is 0. The van der Waals surface area contributed by atoms with Crippen LogP contribution >= 0.6 is 0 Å². The molecule has 3 N–H and O–H groups in total. The van der Waals surface area contributed by atoms with E-state index >= 15 is 0 Å². The van der Waals surface area contributed by atoms with Gasteiger partial charge in [-0.1, -0.05) is 39.8 Å². The molecule has 18 heavy (non-hydrogen) atoms. The van der Waals surface area contributed by atoms with Crippen LogP contribution in [0.5, 0.6) is 0 Å². The van der Waals surface area contributed by atoms with Gasteiger partial charge >= 0.3 is 0 Å². The lowest BCUT2D eigenvalue weighted by Gasteiger charge is -2.34. The van der Waals surface area contributed by atoms with E-state index in [1.807, 2.05) is 0 Å². The summed E-state index contributed by atoms with van der Waals surface area (Å²) in [7, 11) is 0. The van der Waals surface area contributed by atoms with Crippen LogP contribution in [0.15, 0.2) is 24.3 Å². The first kappa shape index (κ1) is 15.0. The summed E-state index contributed by atoms with van der Waals surface area (Å²) in [5.41, 5.74) is 8.43. The van der Waals surface area contributed by atoms with Gasteiger partial charge in [0.15, 0.2) is 0 Å². The molecule has 1 aromatic carbocycles. The van der Waals surface area contributed by atoms with Crippen molar-refractivity contribution in [2.24, 2.45) is 23.5 Å². The second-order valence-electron chi connectivity index (χ2n) is 5.92. The molecule has 0 aliphatic rings. The van der Waals surface area contributed by atoms with Gasteiger partial charge in [-0.15, -0.1) is 0 Å². The Morgan fingerprint density at radius 2 is 1.72 bits per heavy atom. The third-order valence-electron chi connectivity index (χ3n) is 3.63. The minimum absolute atomic E-state index is 0.340. The molecular weight excluding hydrogens is 220 g/mol. The highest BCUT2D eigenvalue weighted by atomic mass is 14.9. The zero-order valence-corrected chi connectivity index (χ0v) is 12.4. The van der Waals surface area contributed by atoms with Gasteiger partial charge in [0.05, 0.1) is 0 Å². The normalized spacial score (nSPS) is 13.4. The van der Waals surface area contributed by atoms with Gasteiger partial charge in [0.1, 0.15) is 0 Å². The van der Waals surface area contributed by atoms with Crippen molar-refractivity contribution in [3.05, 3.63) is 29.8 Å². The summed E-state index contributed by atoms with van der Waals surface area (Å²) in [6, 6.07) is 8.84. The molecule has 0 saturated carbocycles. The van der Waals surface area contributed by atoms with E-state index in [9.17, 15) is 0 Å². The molecule has 0 amide bonds. The van der Waals surface area contributed by atoms with Crippen LogP contribution in [0.1, 0.15) is 33.3 Å². The molecule has 0 aliphatic carbocycles. The maximum atomic E-state index is 5.97. The fourth-order valence-corrected chi connectivity index (χ4v) is 2.96. The smallest absolute Gasteiger partial charge is 0.0416 e. The summed E-state index contributed by atoms with van der Waals surface area (Å²) < 4.78 is 0. The van der Waals surface area contributed by atoms with Gasteiger partial charge in [0.2, 0.25) is 0 Å².